The summed E-state index contributed by atoms with van der Waals surface area (Å²) < 4.78 is 0. The molecule has 148 valence electrons. The minimum absolute atomic E-state index is 0.0481. The molecule has 30 heavy (non-hydrogen) atoms. The van der Waals surface area contributed by atoms with Gasteiger partial charge in [0.05, 0.1) is 10.7 Å². The van der Waals surface area contributed by atoms with Crippen LogP contribution in [0.1, 0.15) is 11.3 Å². The minimum Gasteiger partial charge on any atom is -0.374 e. The molecule has 5 heteroatoms. The van der Waals surface area contributed by atoms with Crippen LogP contribution < -0.4 is 15.9 Å². The molecule has 0 saturated heterocycles. The van der Waals surface area contributed by atoms with Crippen molar-refractivity contribution in [2.24, 2.45) is 0 Å². The molecule has 4 aromatic rings. The van der Waals surface area contributed by atoms with Crippen molar-refractivity contribution in [2.75, 3.05) is 5.32 Å². The number of nitrogens with zero attached hydrogens (tertiary/aromatic N) is 1. The number of non-ortho nitro benzene ring substituents is 1. The zero-order valence-electron chi connectivity index (χ0n) is 16.3. The van der Waals surface area contributed by atoms with Crippen molar-refractivity contribution in [1.29, 1.82) is 0 Å². The fourth-order valence-electron chi connectivity index (χ4n) is 3.39. The lowest BCUT2D eigenvalue weighted by atomic mass is 10.2. The van der Waals surface area contributed by atoms with Crippen LogP contribution in [0.25, 0.3) is 0 Å². The van der Waals surface area contributed by atoms with Crippen molar-refractivity contribution < 1.29 is 4.92 Å². The highest BCUT2D eigenvalue weighted by atomic mass is 31.1. The third kappa shape index (κ3) is 4.56. The summed E-state index contributed by atoms with van der Waals surface area (Å²) >= 11 is 0. The van der Waals surface area contributed by atoms with E-state index in [4.69, 9.17) is 0 Å². The lowest BCUT2D eigenvalue weighted by Gasteiger charge is -2.30. The Labute approximate surface area is 177 Å². The normalized spacial score (nSPS) is 11.8. The van der Waals surface area contributed by atoms with Crippen molar-refractivity contribution in [3.05, 3.63) is 131 Å². The van der Waals surface area contributed by atoms with E-state index in [9.17, 15) is 10.1 Å². The number of hydrogen-bond donors (Lipinski definition) is 1. The Bertz CT molecular complexity index is 1050. The molecule has 4 aromatic carbocycles. The molecule has 0 bridgehead atoms. The van der Waals surface area contributed by atoms with Gasteiger partial charge in [-0.05, 0) is 48.4 Å². The Morgan fingerprint density at radius 3 is 1.60 bits per heavy atom. The number of nitrogens with one attached hydrogen (secondary N) is 1. The first-order valence-corrected chi connectivity index (χ1v) is 11.1. The minimum atomic E-state index is -0.820. The molecule has 0 aliphatic heterocycles. The van der Waals surface area contributed by atoms with Crippen LogP contribution in [0.5, 0.6) is 0 Å². The monoisotopic (exact) mass is 412 g/mol. The van der Waals surface area contributed by atoms with Crippen LogP contribution in [-0.4, -0.2) is 4.92 Å². The molecular formula is C25H21N2O2P. The van der Waals surface area contributed by atoms with Gasteiger partial charge in [0.2, 0.25) is 0 Å². The number of rotatable bonds is 7. The fourth-order valence-corrected chi connectivity index (χ4v) is 6.02. The molecule has 1 N–H and O–H groups in total. The highest BCUT2D eigenvalue weighted by Crippen LogP contribution is 2.49. The lowest BCUT2D eigenvalue weighted by Crippen LogP contribution is -2.22. The van der Waals surface area contributed by atoms with E-state index in [0.29, 0.717) is 0 Å². The smallest absolute Gasteiger partial charge is 0.269 e. The average molecular weight is 412 g/mol. The second kappa shape index (κ2) is 9.34. The van der Waals surface area contributed by atoms with Crippen LogP contribution in [0.2, 0.25) is 0 Å². The quantitative estimate of drug-likeness (QED) is 0.236. The summed E-state index contributed by atoms with van der Waals surface area (Å²) in [4.78, 5) is 10.8. The van der Waals surface area contributed by atoms with Gasteiger partial charge >= 0.3 is 0 Å². The predicted molar refractivity (Wildman–Crippen MR) is 125 cm³/mol. The summed E-state index contributed by atoms with van der Waals surface area (Å²) in [5.74, 6) is -0.0481. The van der Waals surface area contributed by atoms with Gasteiger partial charge in [-0.2, -0.15) is 0 Å². The Morgan fingerprint density at radius 1 is 0.667 bits per heavy atom. The third-order valence-electron chi connectivity index (χ3n) is 4.82. The van der Waals surface area contributed by atoms with Crippen LogP contribution in [0.3, 0.4) is 0 Å². The largest absolute Gasteiger partial charge is 0.374 e. The van der Waals surface area contributed by atoms with E-state index in [1.807, 2.05) is 54.6 Å². The maximum atomic E-state index is 11.1. The van der Waals surface area contributed by atoms with E-state index < -0.39 is 7.92 Å². The van der Waals surface area contributed by atoms with Crippen molar-refractivity contribution in [3.63, 3.8) is 0 Å². The molecule has 0 amide bonds. The van der Waals surface area contributed by atoms with E-state index >= 15 is 0 Å². The molecule has 0 aliphatic rings. The molecule has 1 atom stereocenters. The van der Waals surface area contributed by atoms with Gasteiger partial charge in [-0.25, -0.2) is 0 Å². The summed E-state index contributed by atoms with van der Waals surface area (Å²) in [7, 11) is -0.820. The van der Waals surface area contributed by atoms with E-state index in [1.54, 1.807) is 12.1 Å². The molecule has 0 saturated carbocycles. The molecule has 0 fully saturated rings. The Morgan fingerprint density at radius 2 is 1.13 bits per heavy atom. The maximum absolute atomic E-state index is 11.1. The standard InChI is InChI=1S/C25H21N2O2P/c28-27(29)22-18-16-20(17-19-22)25(26-21-10-4-1-5-11-21)30(23-12-6-2-7-13-23)24-14-8-3-9-15-24/h1-19,25-26H. The van der Waals surface area contributed by atoms with Gasteiger partial charge in [0.15, 0.2) is 0 Å². The molecule has 0 heterocycles. The number of nitro groups is 1. The summed E-state index contributed by atoms with van der Waals surface area (Å²) in [5.41, 5.74) is 2.13. The van der Waals surface area contributed by atoms with E-state index in [-0.39, 0.29) is 16.4 Å². The van der Waals surface area contributed by atoms with Gasteiger partial charge in [0, 0.05) is 17.8 Å². The Balaban J connectivity index is 1.83. The molecule has 0 radical (unpaired) electrons. The number of nitro benzene ring substituents is 1. The fraction of sp³-hybridized carbons (Fsp3) is 0.0400. The van der Waals surface area contributed by atoms with Crippen molar-refractivity contribution in [1.82, 2.24) is 0 Å². The van der Waals surface area contributed by atoms with Crippen molar-refractivity contribution in [3.8, 4) is 0 Å². The van der Waals surface area contributed by atoms with Gasteiger partial charge in [-0.3, -0.25) is 10.1 Å². The number of benzene rings is 4. The van der Waals surface area contributed by atoms with Gasteiger partial charge in [0.1, 0.15) is 0 Å². The van der Waals surface area contributed by atoms with Gasteiger partial charge in [0.25, 0.3) is 5.69 Å². The average Bonchev–Trinajstić information content (AvgIpc) is 2.81. The van der Waals surface area contributed by atoms with E-state index in [0.717, 1.165) is 11.3 Å². The predicted octanol–water partition coefficient (Wildman–Crippen LogP) is 5.84. The molecule has 1 unspecified atom stereocenters. The molecule has 4 nitrogen and oxygen atoms in total. The van der Waals surface area contributed by atoms with Crippen LogP contribution in [-0.2, 0) is 0 Å². The van der Waals surface area contributed by atoms with E-state index in [1.165, 1.54) is 10.6 Å². The van der Waals surface area contributed by atoms with Gasteiger partial charge in [-0.1, -0.05) is 78.9 Å². The number of para-hydroxylation sites is 1. The first-order chi connectivity index (χ1) is 14.7. The first-order valence-electron chi connectivity index (χ1n) is 9.67. The van der Waals surface area contributed by atoms with Crippen LogP contribution in [0, 0.1) is 10.1 Å². The molecule has 4 rings (SSSR count). The Kier molecular flexibility index (Phi) is 6.17. The first kappa shape index (κ1) is 19.8. The zero-order chi connectivity index (χ0) is 20.8. The molecule has 0 spiro atoms. The maximum Gasteiger partial charge on any atom is 0.269 e. The van der Waals surface area contributed by atoms with Crippen molar-refractivity contribution >= 4 is 29.9 Å². The highest BCUT2D eigenvalue weighted by molar-refractivity contribution is 7.73. The lowest BCUT2D eigenvalue weighted by molar-refractivity contribution is -0.384. The second-order valence-corrected chi connectivity index (χ2v) is 9.09. The number of hydrogen-bond acceptors (Lipinski definition) is 3. The van der Waals surface area contributed by atoms with Crippen LogP contribution in [0.15, 0.2) is 115 Å². The SMILES string of the molecule is O=[N+]([O-])c1ccc(C(Nc2ccccc2)P(c2ccccc2)c2ccccc2)cc1. The third-order valence-corrected chi connectivity index (χ3v) is 7.48. The zero-order valence-corrected chi connectivity index (χ0v) is 17.2. The molecular weight excluding hydrogens is 391 g/mol. The van der Waals surface area contributed by atoms with Gasteiger partial charge < -0.3 is 5.32 Å². The topological polar surface area (TPSA) is 55.2 Å². The summed E-state index contributed by atoms with van der Waals surface area (Å²) in [6.45, 7) is 0. The van der Waals surface area contributed by atoms with Crippen molar-refractivity contribution in [2.45, 2.75) is 5.78 Å². The summed E-state index contributed by atoms with van der Waals surface area (Å²) in [6, 6.07) is 37.9. The molecule has 0 aliphatic carbocycles. The van der Waals surface area contributed by atoms with E-state index in [2.05, 4.69) is 53.8 Å². The summed E-state index contributed by atoms with van der Waals surface area (Å²) in [6.07, 6.45) is 0. The van der Waals surface area contributed by atoms with Crippen LogP contribution in [0.4, 0.5) is 11.4 Å². The highest BCUT2D eigenvalue weighted by Gasteiger charge is 2.26. The second-order valence-electron chi connectivity index (χ2n) is 6.80. The van der Waals surface area contributed by atoms with Crippen LogP contribution >= 0.6 is 7.92 Å². The molecule has 0 aromatic heterocycles. The summed E-state index contributed by atoms with van der Waals surface area (Å²) in [5, 5.41) is 17.3. The van der Waals surface area contributed by atoms with Gasteiger partial charge in [-0.15, -0.1) is 0 Å². The number of anilines is 1. The Hall–Kier alpha value is -3.49.